The second kappa shape index (κ2) is 8.64. The summed E-state index contributed by atoms with van der Waals surface area (Å²) in [6, 6.07) is 18.1. The molecule has 0 aliphatic rings. The van der Waals surface area contributed by atoms with Gasteiger partial charge < -0.3 is 19.1 Å². The van der Waals surface area contributed by atoms with Gasteiger partial charge in [0.15, 0.2) is 5.78 Å². The molecule has 2 aromatic carbocycles. The Hall–Kier alpha value is -2.14. The minimum absolute atomic E-state index is 0.110. The fraction of sp³-hybridized carbons (Fsp3) is 0.235. The van der Waals surface area contributed by atoms with Crippen molar-refractivity contribution in [1.29, 1.82) is 0 Å². The van der Waals surface area contributed by atoms with E-state index in [0.717, 1.165) is 5.56 Å². The monoisotopic (exact) mass is 349 g/mol. The first-order valence-corrected chi connectivity index (χ1v) is 8.93. The minimum atomic E-state index is -3.57. The van der Waals surface area contributed by atoms with Gasteiger partial charge in [-0.05, 0) is 11.1 Å². The molecule has 0 saturated carbocycles. The SMILES string of the molecule is COP(=O)(OC)C(NC(=O)OCc1ccccc1)c1ccccc1. The standard InChI is InChI=1S/C17H20NO5P/c1-21-24(20,22-2)16(15-11-7-4-8-12-15)18-17(19)23-13-14-9-5-3-6-10-14/h3-12,16H,13H2,1-2H3,(H,18,19). The zero-order valence-electron chi connectivity index (χ0n) is 13.5. The fourth-order valence-electron chi connectivity index (χ4n) is 2.14. The van der Waals surface area contributed by atoms with E-state index in [0.29, 0.717) is 5.56 Å². The lowest BCUT2D eigenvalue weighted by atomic mass is 10.2. The van der Waals surface area contributed by atoms with Crippen LogP contribution >= 0.6 is 7.60 Å². The zero-order valence-corrected chi connectivity index (χ0v) is 14.4. The van der Waals surface area contributed by atoms with Gasteiger partial charge in [-0.25, -0.2) is 4.79 Å². The summed E-state index contributed by atoms with van der Waals surface area (Å²) in [5.41, 5.74) is 1.45. The third-order valence-electron chi connectivity index (χ3n) is 3.41. The molecule has 2 aromatic rings. The molecule has 0 bridgehead atoms. The Morgan fingerprint density at radius 2 is 1.54 bits per heavy atom. The van der Waals surface area contributed by atoms with Crippen molar-refractivity contribution in [3.8, 4) is 0 Å². The third kappa shape index (κ3) is 4.68. The van der Waals surface area contributed by atoms with E-state index in [9.17, 15) is 9.36 Å². The number of benzene rings is 2. The molecular formula is C17H20NO5P. The van der Waals surface area contributed by atoms with E-state index in [1.807, 2.05) is 36.4 Å². The molecule has 0 spiro atoms. The molecule has 128 valence electrons. The van der Waals surface area contributed by atoms with Crippen molar-refractivity contribution in [3.05, 3.63) is 71.8 Å². The molecular weight excluding hydrogens is 329 g/mol. The number of carbonyl (C=O) groups excluding carboxylic acids is 1. The summed E-state index contributed by atoms with van der Waals surface area (Å²) >= 11 is 0. The first-order valence-electron chi connectivity index (χ1n) is 7.32. The quantitative estimate of drug-likeness (QED) is 0.762. The molecule has 1 amide bonds. The first kappa shape index (κ1) is 18.2. The molecule has 1 N–H and O–H groups in total. The molecule has 0 aromatic heterocycles. The smallest absolute Gasteiger partial charge is 0.408 e. The topological polar surface area (TPSA) is 73.9 Å². The Labute approximate surface area is 141 Å². The number of hydrogen-bond donors (Lipinski definition) is 1. The van der Waals surface area contributed by atoms with Crippen molar-refractivity contribution >= 4 is 13.7 Å². The van der Waals surface area contributed by atoms with Crippen molar-refractivity contribution in [1.82, 2.24) is 5.32 Å². The second-order valence-corrected chi connectivity index (χ2v) is 7.25. The van der Waals surface area contributed by atoms with E-state index in [2.05, 4.69) is 5.32 Å². The van der Waals surface area contributed by atoms with Crippen molar-refractivity contribution in [2.45, 2.75) is 12.4 Å². The van der Waals surface area contributed by atoms with Crippen LogP contribution < -0.4 is 5.32 Å². The van der Waals surface area contributed by atoms with Gasteiger partial charge in [0.25, 0.3) is 0 Å². The van der Waals surface area contributed by atoms with Crippen LogP contribution in [0, 0.1) is 0 Å². The van der Waals surface area contributed by atoms with Crippen LogP contribution in [0.15, 0.2) is 60.7 Å². The van der Waals surface area contributed by atoms with Crippen molar-refractivity contribution in [2.75, 3.05) is 14.2 Å². The maximum Gasteiger partial charge on any atom is 0.408 e. The summed E-state index contributed by atoms with van der Waals surface area (Å²) in [5, 5.41) is 2.57. The molecule has 1 unspecified atom stereocenters. The number of hydrogen-bond acceptors (Lipinski definition) is 5. The Balaban J connectivity index is 2.10. The number of nitrogens with one attached hydrogen (secondary N) is 1. The van der Waals surface area contributed by atoms with Gasteiger partial charge in [0.05, 0.1) is 0 Å². The van der Waals surface area contributed by atoms with Crippen molar-refractivity contribution in [2.24, 2.45) is 0 Å². The number of amides is 1. The van der Waals surface area contributed by atoms with Gasteiger partial charge in [0.2, 0.25) is 0 Å². The van der Waals surface area contributed by atoms with Gasteiger partial charge in [-0.1, -0.05) is 60.7 Å². The van der Waals surface area contributed by atoms with Gasteiger partial charge in [-0.2, -0.15) is 0 Å². The Morgan fingerprint density at radius 3 is 2.08 bits per heavy atom. The average Bonchev–Trinajstić information content (AvgIpc) is 2.65. The number of rotatable bonds is 7. The lowest BCUT2D eigenvalue weighted by molar-refractivity contribution is 0.136. The number of ether oxygens (including phenoxy) is 1. The highest BCUT2D eigenvalue weighted by Crippen LogP contribution is 2.58. The average molecular weight is 349 g/mol. The molecule has 2 rings (SSSR count). The van der Waals surface area contributed by atoms with Crippen molar-refractivity contribution < 1.29 is 23.1 Å². The van der Waals surface area contributed by atoms with Crippen LogP contribution in [0.3, 0.4) is 0 Å². The Bertz CT molecular complexity index is 685. The van der Waals surface area contributed by atoms with Crippen LogP contribution in [0.1, 0.15) is 16.9 Å². The predicted octanol–water partition coefficient (Wildman–Crippen LogP) is 4.10. The predicted molar refractivity (Wildman–Crippen MR) is 90.6 cm³/mol. The molecule has 6 nitrogen and oxygen atoms in total. The maximum atomic E-state index is 12.7. The van der Waals surface area contributed by atoms with E-state index in [4.69, 9.17) is 13.8 Å². The van der Waals surface area contributed by atoms with Gasteiger partial charge in [-0.3, -0.25) is 4.57 Å². The summed E-state index contributed by atoms with van der Waals surface area (Å²) in [6.45, 7) is 0.110. The lowest BCUT2D eigenvalue weighted by Gasteiger charge is -2.25. The van der Waals surface area contributed by atoms with E-state index >= 15 is 0 Å². The molecule has 24 heavy (non-hydrogen) atoms. The first-order chi connectivity index (χ1) is 11.6. The lowest BCUT2D eigenvalue weighted by Crippen LogP contribution is -2.29. The molecule has 0 heterocycles. The Morgan fingerprint density at radius 1 is 1.00 bits per heavy atom. The molecule has 0 aliphatic carbocycles. The summed E-state index contributed by atoms with van der Waals surface area (Å²) < 4.78 is 28.0. The maximum absolute atomic E-state index is 12.7. The van der Waals surface area contributed by atoms with Crippen LogP contribution in [0.25, 0.3) is 0 Å². The molecule has 7 heteroatoms. The number of alkyl carbamates (subject to hydrolysis) is 1. The molecule has 0 fully saturated rings. The number of carbonyl (C=O) groups is 1. The minimum Gasteiger partial charge on any atom is -0.445 e. The van der Waals surface area contributed by atoms with Gasteiger partial charge >= 0.3 is 13.7 Å². The van der Waals surface area contributed by atoms with Gasteiger partial charge in [0, 0.05) is 14.2 Å². The molecule has 0 saturated heterocycles. The van der Waals surface area contributed by atoms with Crippen molar-refractivity contribution in [3.63, 3.8) is 0 Å². The largest absolute Gasteiger partial charge is 0.445 e. The van der Waals surface area contributed by atoms with E-state index < -0.39 is 19.5 Å². The Kier molecular flexibility index (Phi) is 6.55. The normalized spacial score (nSPS) is 12.4. The fourth-order valence-corrected chi connectivity index (χ4v) is 3.51. The van der Waals surface area contributed by atoms with E-state index in [1.54, 1.807) is 24.3 Å². The van der Waals surface area contributed by atoms with E-state index in [1.165, 1.54) is 14.2 Å². The second-order valence-electron chi connectivity index (χ2n) is 4.92. The van der Waals surface area contributed by atoms with Crippen LogP contribution in [0.4, 0.5) is 4.79 Å². The molecule has 0 aliphatic heterocycles. The summed E-state index contributed by atoms with van der Waals surface area (Å²) in [5.74, 6) is -0.961. The highest BCUT2D eigenvalue weighted by molar-refractivity contribution is 7.54. The molecule has 1 atom stereocenters. The summed E-state index contributed by atoms with van der Waals surface area (Å²) in [6.07, 6.45) is -0.706. The van der Waals surface area contributed by atoms with Gasteiger partial charge in [-0.15, -0.1) is 0 Å². The highest BCUT2D eigenvalue weighted by atomic mass is 31.2. The summed E-state index contributed by atoms with van der Waals surface area (Å²) in [4.78, 5) is 12.1. The molecule has 0 radical (unpaired) electrons. The van der Waals surface area contributed by atoms with Crippen LogP contribution in [0.5, 0.6) is 0 Å². The van der Waals surface area contributed by atoms with Crippen LogP contribution in [0.2, 0.25) is 0 Å². The highest BCUT2D eigenvalue weighted by Gasteiger charge is 2.37. The summed E-state index contributed by atoms with van der Waals surface area (Å²) in [7, 11) is -1.02. The van der Waals surface area contributed by atoms with Crippen LogP contribution in [-0.2, 0) is 25.0 Å². The third-order valence-corrected chi connectivity index (χ3v) is 5.49. The van der Waals surface area contributed by atoms with Gasteiger partial charge in [0.1, 0.15) is 6.61 Å². The van der Waals surface area contributed by atoms with E-state index in [-0.39, 0.29) is 6.61 Å². The zero-order chi connectivity index (χ0) is 17.4. The van der Waals surface area contributed by atoms with Crippen LogP contribution in [-0.4, -0.2) is 20.3 Å².